The fourth-order valence-corrected chi connectivity index (χ4v) is 2.07. The van der Waals surface area contributed by atoms with Gasteiger partial charge in [-0.2, -0.15) is 13.2 Å². The third-order valence-corrected chi connectivity index (χ3v) is 3.41. The molecule has 6 heteroatoms. The summed E-state index contributed by atoms with van der Waals surface area (Å²) in [7, 11) is 0. The largest absolute Gasteiger partial charge is 0.466 e. The minimum absolute atomic E-state index is 0.0652. The molecule has 106 valence electrons. The van der Waals surface area contributed by atoms with Crippen LogP contribution in [-0.4, -0.2) is 18.8 Å². The van der Waals surface area contributed by atoms with Crippen LogP contribution in [0.2, 0.25) is 0 Å². The van der Waals surface area contributed by atoms with E-state index in [2.05, 4.69) is 15.9 Å². The van der Waals surface area contributed by atoms with Crippen molar-refractivity contribution in [1.82, 2.24) is 0 Å². The first-order valence-corrected chi connectivity index (χ1v) is 6.59. The van der Waals surface area contributed by atoms with Crippen LogP contribution in [0.4, 0.5) is 13.2 Å². The number of halogens is 4. The number of allylic oxidation sites excluding steroid dienone is 5. The molecule has 0 fully saturated rings. The smallest absolute Gasteiger partial charge is 0.412 e. The van der Waals surface area contributed by atoms with Gasteiger partial charge in [-0.1, -0.05) is 40.2 Å². The second kappa shape index (κ2) is 6.93. The van der Waals surface area contributed by atoms with E-state index < -0.39 is 17.7 Å². The van der Waals surface area contributed by atoms with Crippen LogP contribution in [-0.2, 0) is 9.53 Å². The molecule has 0 amide bonds. The Hall–Kier alpha value is -1.04. The van der Waals surface area contributed by atoms with Crippen LogP contribution >= 0.6 is 15.9 Å². The predicted molar refractivity (Wildman–Crippen MR) is 69.6 cm³/mol. The molecule has 0 saturated carbocycles. The normalized spacial score (nSPS) is 20.2. The van der Waals surface area contributed by atoms with Crippen molar-refractivity contribution < 1.29 is 22.7 Å². The van der Waals surface area contributed by atoms with Crippen LogP contribution in [0.15, 0.2) is 34.4 Å². The van der Waals surface area contributed by atoms with E-state index in [0.29, 0.717) is 11.1 Å². The van der Waals surface area contributed by atoms with Gasteiger partial charge in [-0.05, 0) is 13.3 Å². The van der Waals surface area contributed by atoms with Crippen molar-refractivity contribution in [2.45, 2.75) is 25.9 Å². The summed E-state index contributed by atoms with van der Waals surface area (Å²) in [6.07, 6.45) is 1.23. The Balaban J connectivity index is 2.61. The molecular formula is C13H14BrF3O2. The standard InChI is InChI=1S/C13H14BrF3O2/c1-2-19-12(18)5-3-4-9-8-10(13(15,16)17)6-7-11(9)14/h3-4,6-7,9H,2,5,8H2,1H3/b4-3+. The Morgan fingerprint density at radius 2 is 2.21 bits per heavy atom. The Labute approximate surface area is 118 Å². The summed E-state index contributed by atoms with van der Waals surface area (Å²) in [6, 6.07) is 0. The molecule has 0 saturated heterocycles. The average Bonchev–Trinajstić information content (AvgIpc) is 2.30. The first-order chi connectivity index (χ1) is 8.84. The minimum atomic E-state index is -4.31. The highest BCUT2D eigenvalue weighted by Crippen LogP contribution is 2.38. The lowest BCUT2D eigenvalue weighted by Gasteiger charge is -2.20. The average molecular weight is 339 g/mol. The highest BCUT2D eigenvalue weighted by atomic mass is 79.9. The molecule has 0 radical (unpaired) electrons. The maximum absolute atomic E-state index is 12.6. The van der Waals surface area contributed by atoms with E-state index in [1.165, 1.54) is 12.2 Å². The number of esters is 1. The lowest BCUT2D eigenvalue weighted by atomic mass is 9.93. The topological polar surface area (TPSA) is 26.3 Å². The molecule has 0 aromatic rings. The Bertz CT molecular complexity index is 422. The van der Waals surface area contributed by atoms with Gasteiger partial charge in [0.25, 0.3) is 0 Å². The Morgan fingerprint density at radius 3 is 2.79 bits per heavy atom. The van der Waals surface area contributed by atoms with Gasteiger partial charge in [0.2, 0.25) is 0 Å². The van der Waals surface area contributed by atoms with Gasteiger partial charge < -0.3 is 4.74 Å². The van der Waals surface area contributed by atoms with Crippen LogP contribution in [0.25, 0.3) is 0 Å². The Kier molecular flexibility index (Phi) is 5.85. The van der Waals surface area contributed by atoms with E-state index in [0.717, 1.165) is 6.08 Å². The van der Waals surface area contributed by atoms with E-state index in [1.54, 1.807) is 13.0 Å². The SMILES string of the molecule is CCOC(=O)C/C=C/C1CC(C(F)(F)F)=CC=C1Br. The summed E-state index contributed by atoms with van der Waals surface area (Å²) in [5.74, 6) is -0.780. The molecule has 0 bridgehead atoms. The van der Waals surface area contributed by atoms with Crippen molar-refractivity contribution in [1.29, 1.82) is 0 Å². The number of alkyl halides is 3. The second-order valence-corrected chi connectivity index (χ2v) is 4.90. The Morgan fingerprint density at radius 1 is 1.53 bits per heavy atom. The van der Waals surface area contributed by atoms with Crippen LogP contribution < -0.4 is 0 Å². The molecule has 0 heterocycles. The van der Waals surface area contributed by atoms with E-state index >= 15 is 0 Å². The number of carbonyl (C=O) groups is 1. The van der Waals surface area contributed by atoms with Gasteiger partial charge in [-0.25, -0.2) is 0 Å². The van der Waals surface area contributed by atoms with Crippen molar-refractivity contribution in [2.75, 3.05) is 6.61 Å². The zero-order chi connectivity index (χ0) is 14.5. The summed E-state index contributed by atoms with van der Waals surface area (Å²) in [4.78, 5) is 11.1. The molecule has 1 unspecified atom stereocenters. The lowest BCUT2D eigenvalue weighted by Crippen LogP contribution is -2.17. The lowest BCUT2D eigenvalue weighted by molar-refractivity contribution is -0.142. The van der Waals surface area contributed by atoms with Crippen molar-refractivity contribution in [3.8, 4) is 0 Å². The number of ether oxygens (including phenoxy) is 1. The highest BCUT2D eigenvalue weighted by Gasteiger charge is 2.35. The molecule has 0 spiro atoms. The van der Waals surface area contributed by atoms with Gasteiger partial charge in [0.1, 0.15) is 0 Å². The molecule has 1 aliphatic rings. The second-order valence-electron chi connectivity index (χ2n) is 3.99. The van der Waals surface area contributed by atoms with Gasteiger partial charge in [-0.3, -0.25) is 4.79 Å². The van der Waals surface area contributed by atoms with E-state index in [-0.39, 0.29) is 18.8 Å². The van der Waals surface area contributed by atoms with Crippen molar-refractivity contribution >= 4 is 21.9 Å². The zero-order valence-corrected chi connectivity index (χ0v) is 11.9. The molecule has 1 atom stereocenters. The summed E-state index contributed by atoms with van der Waals surface area (Å²) >= 11 is 3.23. The van der Waals surface area contributed by atoms with Crippen molar-refractivity contribution in [3.63, 3.8) is 0 Å². The summed E-state index contributed by atoms with van der Waals surface area (Å²) in [5.41, 5.74) is -0.568. The van der Waals surface area contributed by atoms with Crippen LogP contribution in [0, 0.1) is 5.92 Å². The van der Waals surface area contributed by atoms with E-state index in [4.69, 9.17) is 4.74 Å². The van der Waals surface area contributed by atoms with Crippen LogP contribution in [0.5, 0.6) is 0 Å². The van der Waals surface area contributed by atoms with Crippen molar-refractivity contribution in [3.05, 3.63) is 34.4 Å². The third kappa shape index (κ3) is 5.22. The molecule has 0 aliphatic heterocycles. The predicted octanol–water partition coefficient (Wildman–Crippen LogP) is 4.28. The maximum Gasteiger partial charge on any atom is 0.412 e. The molecule has 1 aliphatic carbocycles. The first-order valence-electron chi connectivity index (χ1n) is 5.80. The first kappa shape index (κ1) is 16.0. The fourth-order valence-electron chi connectivity index (χ4n) is 1.62. The van der Waals surface area contributed by atoms with Gasteiger partial charge in [0.05, 0.1) is 13.0 Å². The van der Waals surface area contributed by atoms with E-state index in [9.17, 15) is 18.0 Å². The summed E-state index contributed by atoms with van der Waals surface area (Å²) in [5, 5.41) is 0. The maximum atomic E-state index is 12.6. The zero-order valence-electron chi connectivity index (χ0n) is 10.3. The van der Waals surface area contributed by atoms with Gasteiger partial charge in [0, 0.05) is 16.0 Å². The van der Waals surface area contributed by atoms with Crippen LogP contribution in [0.1, 0.15) is 19.8 Å². The van der Waals surface area contributed by atoms with Crippen molar-refractivity contribution in [2.24, 2.45) is 5.92 Å². The summed E-state index contributed by atoms with van der Waals surface area (Å²) < 4.78 is 43.1. The van der Waals surface area contributed by atoms with E-state index in [1.807, 2.05) is 0 Å². The highest BCUT2D eigenvalue weighted by molar-refractivity contribution is 9.11. The number of rotatable bonds is 4. The number of hydrogen-bond donors (Lipinski definition) is 0. The molecule has 2 nitrogen and oxygen atoms in total. The van der Waals surface area contributed by atoms with Gasteiger partial charge in [-0.15, -0.1) is 0 Å². The molecule has 19 heavy (non-hydrogen) atoms. The summed E-state index contributed by atoms with van der Waals surface area (Å²) in [6.45, 7) is 1.99. The monoisotopic (exact) mass is 338 g/mol. The quantitative estimate of drug-likeness (QED) is 0.564. The molecule has 0 aromatic carbocycles. The third-order valence-electron chi connectivity index (χ3n) is 2.56. The molecule has 1 rings (SSSR count). The number of hydrogen-bond acceptors (Lipinski definition) is 2. The molecule has 0 aromatic heterocycles. The molecular weight excluding hydrogens is 325 g/mol. The van der Waals surface area contributed by atoms with Gasteiger partial charge >= 0.3 is 12.1 Å². The van der Waals surface area contributed by atoms with Gasteiger partial charge in [0.15, 0.2) is 0 Å². The molecule has 0 N–H and O–H groups in total. The number of carbonyl (C=O) groups excluding carboxylic acids is 1. The minimum Gasteiger partial charge on any atom is -0.466 e. The fraction of sp³-hybridized carbons (Fsp3) is 0.462. The van der Waals surface area contributed by atoms with Crippen LogP contribution in [0.3, 0.4) is 0 Å².